The lowest BCUT2D eigenvalue weighted by Gasteiger charge is -2.22. The molecule has 1 saturated heterocycles. The first-order valence-corrected chi connectivity index (χ1v) is 5.40. The van der Waals surface area contributed by atoms with Crippen molar-refractivity contribution in [2.75, 3.05) is 17.6 Å². The van der Waals surface area contributed by atoms with E-state index in [1.165, 1.54) is 0 Å². The van der Waals surface area contributed by atoms with Crippen LogP contribution in [-0.4, -0.2) is 44.6 Å². The predicted molar refractivity (Wildman–Crippen MR) is 60.1 cm³/mol. The molecule has 1 fully saturated rings. The molecule has 1 aromatic rings. The zero-order chi connectivity index (χ0) is 13.0. The van der Waals surface area contributed by atoms with Crippen molar-refractivity contribution < 1.29 is 14.9 Å². The SMILES string of the molecule is Nc1c2n(c(=O)[nH]c1=O)[C@H]1O[C@H](CN2)[C@H](O)C1O. The first-order valence-electron chi connectivity index (χ1n) is 5.40. The van der Waals surface area contributed by atoms with Crippen molar-refractivity contribution in [2.45, 2.75) is 24.5 Å². The summed E-state index contributed by atoms with van der Waals surface area (Å²) in [7, 11) is 0. The number of ether oxygens (including phenoxy) is 1. The molecule has 3 heterocycles. The number of anilines is 2. The first kappa shape index (κ1) is 11.3. The minimum Gasteiger partial charge on any atom is -0.391 e. The van der Waals surface area contributed by atoms with Crippen LogP contribution < -0.4 is 22.3 Å². The summed E-state index contributed by atoms with van der Waals surface area (Å²) < 4.78 is 6.38. The van der Waals surface area contributed by atoms with Crippen LogP contribution in [0.2, 0.25) is 0 Å². The maximum atomic E-state index is 11.8. The van der Waals surface area contributed by atoms with Gasteiger partial charge in [0.25, 0.3) is 5.56 Å². The minimum absolute atomic E-state index is 0.0993. The molecule has 0 aliphatic carbocycles. The molecule has 9 heteroatoms. The van der Waals surface area contributed by atoms with E-state index in [0.717, 1.165) is 4.57 Å². The van der Waals surface area contributed by atoms with Gasteiger partial charge in [0, 0.05) is 6.54 Å². The smallest absolute Gasteiger partial charge is 0.332 e. The molecule has 1 aromatic heterocycles. The third-order valence-corrected chi connectivity index (χ3v) is 3.24. The molecule has 0 aromatic carbocycles. The summed E-state index contributed by atoms with van der Waals surface area (Å²) in [6, 6.07) is 0. The molecular formula is C9H12N4O5. The van der Waals surface area contributed by atoms with Gasteiger partial charge >= 0.3 is 5.69 Å². The highest BCUT2D eigenvalue weighted by atomic mass is 16.6. The first-order chi connectivity index (χ1) is 8.50. The van der Waals surface area contributed by atoms with Gasteiger partial charge < -0.3 is 26.0 Å². The summed E-state index contributed by atoms with van der Waals surface area (Å²) in [5.41, 5.74) is 3.97. The van der Waals surface area contributed by atoms with Gasteiger partial charge in [0.15, 0.2) is 6.23 Å². The summed E-state index contributed by atoms with van der Waals surface area (Å²) in [6.45, 7) is 0.141. The van der Waals surface area contributed by atoms with E-state index in [1.54, 1.807) is 0 Å². The van der Waals surface area contributed by atoms with Crippen LogP contribution in [0.1, 0.15) is 6.23 Å². The molecule has 6 N–H and O–H groups in total. The van der Waals surface area contributed by atoms with E-state index in [4.69, 9.17) is 10.5 Å². The maximum Gasteiger partial charge on any atom is 0.332 e. The fourth-order valence-corrected chi connectivity index (χ4v) is 2.30. The molecule has 2 aliphatic rings. The number of hydrogen-bond donors (Lipinski definition) is 5. The highest BCUT2D eigenvalue weighted by molar-refractivity contribution is 5.60. The van der Waals surface area contributed by atoms with Crippen LogP contribution in [0.25, 0.3) is 0 Å². The van der Waals surface area contributed by atoms with Gasteiger partial charge in [0.2, 0.25) is 0 Å². The van der Waals surface area contributed by atoms with Crippen LogP contribution in [-0.2, 0) is 4.74 Å². The largest absolute Gasteiger partial charge is 0.391 e. The summed E-state index contributed by atoms with van der Waals surface area (Å²) >= 11 is 0. The Bertz CT molecular complexity index is 608. The standard InChI is InChI=1S/C9H12N4O5/c10-3-6-11-1-2-4(14)5(15)8(18-2)13(6)9(17)12-7(3)16/h2,4-5,8,11,14-15H,1,10H2,(H,12,16,17)/t2-,4+,5?,8+/m1/s1. The Morgan fingerprint density at radius 2 is 2.06 bits per heavy atom. The van der Waals surface area contributed by atoms with Crippen LogP contribution >= 0.6 is 0 Å². The van der Waals surface area contributed by atoms with Crippen molar-refractivity contribution >= 4 is 11.5 Å². The van der Waals surface area contributed by atoms with Gasteiger partial charge in [-0.15, -0.1) is 0 Å². The second kappa shape index (κ2) is 3.57. The quantitative estimate of drug-likeness (QED) is 0.336. The molecule has 18 heavy (non-hydrogen) atoms. The van der Waals surface area contributed by atoms with Crippen LogP contribution in [0.15, 0.2) is 9.59 Å². The molecule has 4 atom stereocenters. The van der Waals surface area contributed by atoms with Gasteiger partial charge in [-0.1, -0.05) is 0 Å². The zero-order valence-electron chi connectivity index (χ0n) is 9.16. The number of aromatic nitrogens is 2. The minimum atomic E-state index is -1.25. The van der Waals surface area contributed by atoms with E-state index in [0.29, 0.717) is 0 Å². The molecule has 3 rings (SSSR count). The third-order valence-electron chi connectivity index (χ3n) is 3.24. The number of nitrogens with zero attached hydrogens (tertiary/aromatic N) is 1. The van der Waals surface area contributed by atoms with Crippen molar-refractivity contribution in [1.82, 2.24) is 9.55 Å². The number of H-pyrrole nitrogens is 1. The van der Waals surface area contributed by atoms with Gasteiger partial charge in [0.1, 0.15) is 29.8 Å². The third kappa shape index (κ3) is 1.32. The highest BCUT2D eigenvalue weighted by Gasteiger charge is 2.46. The molecule has 0 amide bonds. The maximum absolute atomic E-state index is 11.8. The fraction of sp³-hybridized carbons (Fsp3) is 0.556. The number of nitrogen functional groups attached to an aromatic ring is 1. The number of aliphatic hydroxyl groups is 2. The predicted octanol–water partition coefficient (Wildman–Crippen LogP) is -2.84. The van der Waals surface area contributed by atoms with E-state index in [9.17, 15) is 19.8 Å². The molecule has 0 spiro atoms. The van der Waals surface area contributed by atoms with E-state index >= 15 is 0 Å². The molecule has 1 unspecified atom stereocenters. The van der Waals surface area contributed by atoms with Gasteiger partial charge in [-0.2, -0.15) is 0 Å². The van der Waals surface area contributed by atoms with Crippen molar-refractivity contribution in [3.05, 3.63) is 20.8 Å². The summed E-state index contributed by atoms with van der Waals surface area (Å²) in [5, 5.41) is 22.3. The second-order valence-electron chi connectivity index (χ2n) is 4.32. The van der Waals surface area contributed by atoms with Crippen molar-refractivity contribution in [3.8, 4) is 0 Å². The Morgan fingerprint density at radius 3 is 2.78 bits per heavy atom. The average molecular weight is 256 g/mol. The Morgan fingerprint density at radius 1 is 1.33 bits per heavy atom. The Balaban J connectivity index is 2.25. The highest BCUT2D eigenvalue weighted by Crippen LogP contribution is 2.34. The second-order valence-corrected chi connectivity index (χ2v) is 4.32. The van der Waals surface area contributed by atoms with E-state index < -0.39 is 35.8 Å². The van der Waals surface area contributed by atoms with Crippen LogP contribution in [0.4, 0.5) is 11.5 Å². The van der Waals surface area contributed by atoms with E-state index in [-0.39, 0.29) is 18.1 Å². The number of aromatic amines is 1. The van der Waals surface area contributed by atoms with Crippen molar-refractivity contribution in [2.24, 2.45) is 0 Å². The molecule has 2 aliphatic heterocycles. The zero-order valence-corrected chi connectivity index (χ0v) is 9.16. The number of fused-ring (bicyclic) bond motifs is 4. The average Bonchev–Trinajstić information content (AvgIpc) is 2.54. The fourth-order valence-electron chi connectivity index (χ4n) is 2.30. The van der Waals surface area contributed by atoms with E-state index in [1.807, 2.05) is 4.98 Å². The lowest BCUT2D eigenvalue weighted by atomic mass is 10.1. The Kier molecular flexibility index (Phi) is 2.24. The van der Waals surface area contributed by atoms with Crippen molar-refractivity contribution in [3.63, 3.8) is 0 Å². The number of hydrogen-bond acceptors (Lipinski definition) is 7. The van der Waals surface area contributed by atoms with Crippen LogP contribution in [0.3, 0.4) is 0 Å². The molecule has 98 valence electrons. The van der Waals surface area contributed by atoms with Gasteiger partial charge in [-0.3, -0.25) is 9.78 Å². The normalized spacial score (nSPS) is 33.7. The number of rotatable bonds is 0. The summed E-state index contributed by atoms with van der Waals surface area (Å²) in [4.78, 5) is 25.2. The molecule has 0 saturated carbocycles. The molecule has 2 bridgehead atoms. The topological polar surface area (TPSA) is 143 Å². The molecular weight excluding hydrogens is 244 g/mol. The van der Waals surface area contributed by atoms with Crippen LogP contribution in [0.5, 0.6) is 0 Å². The number of nitrogens with one attached hydrogen (secondary N) is 2. The Hall–Kier alpha value is -1.84. The number of nitrogens with two attached hydrogens (primary N) is 1. The van der Waals surface area contributed by atoms with Gasteiger partial charge in [0.05, 0.1) is 0 Å². The Labute approximate surface area is 99.8 Å². The van der Waals surface area contributed by atoms with Gasteiger partial charge in [-0.05, 0) is 0 Å². The van der Waals surface area contributed by atoms with Crippen molar-refractivity contribution in [1.29, 1.82) is 0 Å². The van der Waals surface area contributed by atoms with E-state index in [2.05, 4.69) is 5.32 Å². The lowest BCUT2D eigenvalue weighted by molar-refractivity contribution is -0.0307. The number of aliphatic hydroxyl groups excluding tert-OH is 2. The molecule has 0 radical (unpaired) electrons. The summed E-state index contributed by atoms with van der Waals surface area (Å²) in [6.07, 6.45) is -4.09. The monoisotopic (exact) mass is 256 g/mol. The molecule has 9 nitrogen and oxygen atoms in total. The lowest BCUT2D eigenvalue weighted by Crippen LogP contribution is -2.42. The summed E-state index contributed by atoms with van der Waals surface area (Å²) in [5.74, 6) is 0.0993. The van der Waals surface area contributed by atoms with Crippen LogP contribution in [0, 0.1) is 0 Å². The van der Waals surface area contributed by atoms with Gasteiger partial charge in [-0.25, -0.2) is 9.36 Å².